The Kier molecular flexibility index (Phi) is 5.66. The van der Waals surface area contributed by atoms with E-state index in [4.69, 9.17) is 9.84 Å². The standard InChI is InChI=1S/C17H20BrNO4Si/c1-24(2,3)9-8-23-17(22)19-11-12(4-7-16(20)21)14-6-5-13(18)10-15(14)19/h4-7,10-11H,8-9H2,1-3H3,(H,20,21)/b7-4+. The van der Waals surface area contributed by atoms with Crippen molar-refractivity contribution in [2.45, 2.75) is 25.7 Å². The summed E-state index contributed by atoms with van der Waals surface area (Å²) in [5, 5.41) is 9.60. The number of hydrogen-bond donors (Lipinski definition) is 1. The zero-order chi connectivity index (χ0) is 17.9. The Labute approximate surface area is 150 Å². The van der Waals surface area contributed by atoms with Gasteiger partial charge in [-0.05, 0) is 24.3 Å². The highest BCUT2D eigenvalue weighted by Gasteiger charge is 2.17. The second kappa shape index (κ2) is 7.35. The third-order valence-corrected chi connectivity index (χ3v) is 5.68. The van der Waals surface area contributed by atoms with Crippen molar-refractivity contribution in [2.75, 3.05) is 6.61 Å². The van der Waals surface area contributed by atoms with E-state index in [0.717, 1.165) is 22.0 Å². The highest BCUT2D eigenvalue weighted by Crippen LogP contribution is 2.26. The molecule has 0 bridgehead atoms. The first-order valence-corrected chi connectivity index (χ1v) is 12.1. The molecule has 1 heterocycles. The van der Waals surface area contributed by atoms with Gasteiger partial charge in [0.2, 0.25) is 0 Å². The Morgan fingerprint density at radius 1 is 1.33 bits per heavy atom. The highest BCUT2D eigenvalue weighted by atomic mass is 79.9. The molecule has 0 aliphatic heterocycles. The fourth-order valence-corrected chi connectivity index (χ4v) is 3.25. The van der Waals surface area contributed by atoms with Crippen LogP contribution in [0.15, 0.2) is 34.9 Å². The average molecular weight is 410 g/mol. The van der Waals surface area contributed by atoms with Crippen molar-refractivity contribution in [3.05, 3.63) is 40.5 Å². The molecule has 0 saturated heterocycles. The van der Waals surface area contributed by atoms with E-state index >= 15 is 0 Å². The van der Waals surface area contributed by atoms with Crippen LogP contribution in [0.4, 0.5) is 4.79 Å². The van der Waals surface area contributed by atoms with Gasteiger partial charge in [0.1, 0.15) is 0 Å². The van der Waals surface area contributed by atoms with E-state index < -0.39 is 20.1 Å². The van der Waals surface area contributed by atoms with E-state index in [9.17, 15) is 9.59 Å². The van der Waals surface area contributed by atoms with E-state index in [0.29, 0.717) is 17.7 Å². The quantitative estimate of drug-likeness (QED) is 0.567. The van der Waals surface area contributed by atoms with E-state index in [1.807, 2.05) is 18.2 Å². The number of aromatic nitrogens is 1. The third-order valence-electron chi connectivity index (χ3n) is 3.48. The molecule has 0 amide bonds. The predicted octanol–water partition coefficient (Wildman–Crippen LogP) is 4.82. The molecule has 1 aromatic heterocycles. The van der Waals surface area contributed by atoms with Gasteiger partial charge < -0.3 is 9.84 Å². The van der Waals surface area contributed by atoms with Gasteiger partial charge in [0.25, 0.3) is 0 Å². The summed E-state index contributed by atoms with van der Waals surface area (Å²) in [5.41, 5.74) is 1.33. The molecule has 0 aliphatic rings. The smallest absolute Gasteiger partial charge is 0.418 e. The Morgan fingerprint density at radius 2 is 2.04 bits per heavy atom. The van der Waals surface area contributed by atoms with Crippen LogP contribution in [0.1, 0.15) is 5.56 Å². The van der Waals surface area contributed by atoms with Crippen LogP contribution in [0.25, 0.3) is 17.0 Å². The Morgan fingerprint density at radius 3 is 2.67 bits per heavy atom. The number of halogens is 1. The van der Waals surface area contributed by atoms with Gasteiger partial charge in [-0.25, -0.2) is 9.59 Å². The van der Waals surface area contributed by atoms with Crippen LogP contribution in [0.5, 0.6) is 0 Å². The average Bonchev–Trinajstić information content (AvgIpc) is 2.81. The van der Waals surface area contributed by atoms with Gasteiger partial charge in [-0.3, -0.25) is 4.57 Å². The van der Waals surface area contributed by atoms with Crippen LogP contribution in [0, 0.1) is 0 Å². The van der Waals surface area contributed by atoms with Crippen LogP contribution in [-0.4, -0.2) is 36.4 Å². The van der Waals surface area contributed by atoms with Crippen molar-refractivity contribution in [1.82, 2.24) is 4.57 Å². The molecular formula is C17H20BrNO4Si. The fraction of sp³-hybridized carbons (Fsp3) is 0.294. The molecule has 1 N–H and O–H groups in total. The molecule has 0 spiro atoms. The van der Waals surface area contributed by atoms with Crippen LogP contribution in [-0.2, 0) is 9.53 Å². The predicted molar refractivity (Wildman–Crippen MR) is 101 cm³/mol. The zero-order valence-corrected chi connectivity index (χ0v) is 16.5. The van der Waals surface area contributed by atoms with Crippen LogP contribution < -0.4 is 0 Å². The lowest BCUT2D eigenvalue weighted by atomic mass is 10.1. The first-order chi connectivity index (χ1) is 11.2. The molecule has 0 saturated carbocycles. The number of nitrogens with zero attached hydrogens (tertiary/aromatic N) is 1. The molecule has 24 heavy (non-hydrogen) atoms. The summed E-state index contributed by atoms with van der Waals surface area (Å²) in [6.07, 6.45) is 3.68. The molecule has 0 atom stereocenters. The molecular weight excluding hydrogens is 390 g/mol. The Hall–Kier alpha value is -1.86. The van der Waals surface area contributed by atoms with Crippen molar-refractivity contribution in [3.63, 3.8) is 0 Å². The van der Waals surface area contributed by atoms with Crippen LogP contribution in [0.3, 0.4) is 0 Å². The number of carbonyl (C=O) groups is 2. The van der Waals surface area contributed by atoms with Crippen molar-refractivity contribution >= 4 is 53.0 Å². The highest BCUT2D eigenvalue weighted by molar-refractivity contribution is 9.10. The number of benzene rings is 1. The van der Waals surface area contributed by atoms with E-state index in [1.54, 1.807) is 6.20 Å². The Balaban J connectivity index is 2.33. The molecule has 128 valence electrons. The third kappa shape index (κ3) is 4.81. The van der Waals surface area contributed by atoms with Gasteiger partial charge in [-0.15, -0.1) is 0 Å². The molecule has 5 nitrogen and oxygen atoms in total. The summed E-state index contributed by atoms with van der Waals surface area (Å²) >= 11 is 3.39. The molecule has 1 aromatic carbocycles. The molecule has 7 heteroatoms. The first-order valence-electron chi connectivity index (χ1n) is 7.56. The molecule has 0 fully saturated rings. The van der Waals surface area contributed by atoms with Gasteiger partial charge in [-0.1, -0.05) is 41.6 Å². The summed E-state index contributed by atoms with van der Waals surface area (Å²) in [4.78, 5) is 23.2. The normalized spacial score (nSPS) is 12.0. The number of carboxylic acids is 1. The van der Waals surface area contributed by atoms with Crippen molar-refractivity contribution in [3.8, 4) is 0 Å². The van der Waals surface area contributed by atoms with E-state index in [1.165, 1.54) is 10.6 Å². The van der Waals surface area contributed by atoms with Gasteiger partial charge in [0.05, 0.1) is 12.1 Å². The fourth-order valence-electron chi connectivity index (χ4n) is 2.19. The van der Waals surface area contributed by atoms with Gasteiger partial charge in [0.15, 0.2) is 0 Å². The number of hydrogen-bond acceptors (Lipinski definition) is 3. The van der Waals surface area contributed by atoms with Crippen molar-refractivity contribution in [1.29, 1.82) is 0 Å². The lowest BCUT2D eigenvalue weighted by Crippen LogP contribution is -2.23. The van der Waals surface area contributed by atoms with Crippen molar-refractivity contribution in [2.24, 2.45) is 0 Å². The number of rotatable bonds is 5. The number of carboxylic acid groups (broad SMARTS) is 1. The van der Waals surface area contributed by atoms with E-state index in [2.05, 4.69) is 35.6 Å². The second-order valence-electron chi connectivity index (χ2n) is 6.71. The summed E-state index contributed by atoms with van der Waals surface area (Å²) in [5.74, 6) is -1.04. The lowest BCUT2D eigenvalue weighted by molar-refractivity contribution is -0.131. The minimum atomic E-state index is -1.28. The number of aliphatic carboxylic acids is 1. The minimum Gasteiger partial charge on any atom is -0.478 e. The Bertz CT molecular complexity index is 805. The van der Waals surface area contributed by atoms with Crippen LogP contribution in [0.2, 0.25) is 25.7 Å². The summed E-state index contributed by atoms with van der Waals surface area (Å²) in [6, 6.07) is 6.40. The number of carbonyl (C=O) groups excluding carboxylic acids is 1. The summed E-state index contributed by atoms with van der Waals surface area (Å²) in [7, 11) is -1.28. The SMILES string of the molecule is C[Si](C)(C)CCOC(=O)n1cc(/C=C/C(=O)O)c2ccc(Br)cc21. The van der Waals surface area contributed by atoms with Gasteiger partial charge in [-0.2, -0.15) is 0 Å². The summed E-state index contributed by atoms with van der Waals surface area (Å²) < 4.78 is 7.65. The number of ether oxygens (including phenoxy) is 1. The van der Waals surface area contributed by atoms with E-state index in [-0.39, 0.29) is 0 Å². The molecule has 2 aromatic rings. The monoisotopic (exact) mass is 409 g/mol. The molecule has 0 radical (unpaired) electrons. The largest absolute Gasteiger partial charge is 0.478 e. The maximum absolute atomic E-state index is 12.4. The van der Waals surface area contributed by atoms with Gasteiger partial charge >= 0.3 is 12.1 Å². The minimum absolute atomic E-state index is 0.391. The lowest BCUT2D eigenvalue weighted by Gasteiger charge is -2.15. The maximum atomic E-state index is 12.4. The first kappa shape index (κ1) is 18.5. The molecule has 0 unspecified atom stereocenters. The van der Waals surface area contributed by atoms with Crippen LogP contribution >= 0.6 is 15.9 Å². The maximum Gasteiger partial charge on any atom is 0.418 e. The topological polar surface area (TPSA) is 68.5 Å². The zero-order valence-electron chi connectivity index (χ0n) is 13.9. The summed E-state index contributed by atoms with van der Waals surface area (Å²) in [6.45, 7) is 7.05. The number of fused-ring (bicyclic) bond motifs is 1. The molecule has 0 aliphatic carbocycles. The van der Waals surface area contributed by atoms with Gasteiger partial charge in [0, 0.05) is 35.8 Å². The molecule has 2 rings (SSSR count). The van der Waals surface area contributed by atoms with Crippen molar-refractivity contribution < 1.29 is 19.4 Å². The second-order valence-corrected chi connectivity index (χ2v) is 13.2.